The first-order valence-electron chi connectivity index (χ1n) is 16.2. The van der Waals surface area contributed by atoms with E-state index in [2.05, 4.69) is 156 Å². The average molecular weight is 630 g/mol. The highest BCUT2D eigenvalue weighted by molar-refractivity contribution is 7.26. The number of thiophene rings is 1. The third-order valence-corrected chi connectivity index (χ3v) is 10.5. The van der Waals surface area contributed by atoms with Crippen molar-refractivity contribution in [3.05, 3.63) is 164 Å². The normalized spacial score (nSPS) is 11.8. The molecule has 0 spiro atoms. The Morgan fingerprint density at radius 2 is 1.02 bits per heavy atom. The molecule has 3 aromatic heterocycles. The van der Waals surface area contributed by atoms with Crippen molar-refractivity contribution < 1.29 is 0 Å². The van der Waals surface area contributed by atoms with Crippen LogP contribution in [0.4, 0.5) is 0 Å². The molecule has 0 aliphatic heterocycles. The van der Waals surface area contributed by atoms with E-state index in [1.807, 2.05) is 23.5 Å². The van der Waals surface area contributed by atoms with Crippen LogP contribution in [-0.2, 0) is 0 Å². The first-order valence-corrected chi connectivity index (χ1v) is 17.0. The van der Waals surface area contributed by atoms with Crippen molar-refractivity contribution in [3.63, 3.8) is 0 Å². The molecule has 10 aromatic rings. The smallest absolute Gasteiger partial charge is 0.160 e. The quantitative estimate of drug-likeness (QED) is 0.194. The second-order valence-electron chi connectivity index (χ2n) is 12.2. The van der Waals surface area contributed by atoms with Gasteiger partial charge in [0.2, 0.25) is 0 Å². The Hall–Kier alpha value is -6.10. The fourth-order valence-corrected chi connectivity index (χ4v) is 8.34. The first-order chi connectivity index (χ1) is 23.8. The van der Waals surface area contributed by atoms with E-state index in [4.69, 9.17) is 9.97 Å². The molecule has 0 fully saturated rings. The Morgan fingerprint density at radius 3 is 1.75 bits per heavy atom. The van der Waals surface area contributed by atoms with Gasteiger partial charge >= 0.3 is 0 Å². The van der Waals surface area contributed by atoms with Crippen LogP contribution in [0.3, 0.4) is 0 Å². The summed E-state index contributed by atoms with van der Waals surface area (Å²) in [4.78, 5) is 10.1. The summed E-state index contributed by atoms with van der Waals surface area (Å²) in [7, 11) is 0. The molecule has 4 heteroatoms. The summed E-state index contributed by atoms with van der Waals surface area (Å²) in [6.07, 6.45) is 0. The molecular weight excluding hydrogens is 603 g/mol. The van der Waals surface area contributed by atoms with Gasteiger partial charge in [-0.25, -0.2) is 9.97 Å². The van der Waals surface area contributed by atoms with E-state index in [0.717, 1.165) is 33.8 Å². The van der Waals surface area contributed by atoms with Crippen LogP contribution in [0.15, 0.2) is 164 Å². The molecule has 224 valence electrons. The third-order valence-electron chi connectivity index (χ3n) is 9.41. The molecule has 3 nitrogen and oxygen atoms in total. The van der Waals surface area contributed by atoms with Gasteiger partial charge < -0.3 is 4.57 Å². The molecule has 0 amide bonds. The highest BCUT2D eigenvalue weighted by atomic mass is 32.1. The molecule has 7 aromatic carbocycles. The average Bonchev–Trinajstić information content (AvgIpc) is 3.71. The number of aromatic nitrogens is 3. The maximum Gasteiger partial charge on any atom is 0.160 e. The second kappa shape index (κ2) is 10.7. The zero-order valence-electron chi connectivity index (χ0n) is 25.8. The molecule has 0 bridgehead atoms. The Kier molecular flexibility index (Phi) is 6.05. The van der Waals surface area contributed by atoms with E-state index in [1.54, 1.807) is 0 Å². The van der Waals surface area contributed by atoms with E-state index in [1.165, 1.54) is 52.8 Å². The highest BCUT2D eigenvalue weighted by Gasteiger charge is 2.19. The van der Waals surface area contributed by atoms with Gasteiger partial charge in [0.15, 0.2) is 5.82 Å². The molecule has 0 unspecified atom stereocenters. The molecular formula is C44H27N3S. The van der Waals surface area contributed by atoms with Crippen molar-refractivity contribution in [2.75, 3.05) is 0 Å². The molecule has 0 aliphatic rings. The standard InChI is InChI=1S/C44H27N3S/c1-3-12-29(13-4-1)35-27-36(30-14-5-2-6-15-30)46-44(45-35)31-19-22-32(23-20-31)47-37-18-10-9-17-34(37)41-38(47)24-26-40-43(41)42-33-16-8-7-11-28(33)21-25-39(42)48-40/h1-27H. The molecule has 0 saturated carbocycles. The minimum absolute atomic E-state index is 0.710. The fourth-order valence-electron chi connectivity index (χ4n) is 7.22. The number of nitrogens with zero attached hydrogens (tertiary/aromatic N) is 3. The lowest BCUT2D eigenvalue weighted by Crippen LogP contribution is -1.97. The number of benzene rings is 7. The number of para-hydroxylation sites is 1. The van der Waals surface area contributed by atoms with E-state index in [0.29, 0.717) is 5.82 Å². The molecule has 0 N–H and O–H groups in total. The van der Waals surface area contributed by atoms with Gasteiger partial charge in [0, 0.05) is 53.3 Å². The highest BCUT2D eigenvalue weighted by Crippen LogP contribution is 2.45. The van der Waals surface area contributed by atoms with Gasteiger partial charge in [0.05, 0.1) is 22.4 Å². The van der Waals surface area contributed by atoms with Crippen LogP contribution in [0.1, 0.15) is 0 Å². The second-order valence-corrected chi connectivity index (χ2v) is 13.3. The molecule has 48 heavy (non-hydrogen) atoms. The van der Waals surface area contributed by atoms with Crippen molar-refractivity contribution in [1.82, 2.24) is 14.5 Å². The number of fused-ring (bicyclic) bond motifs is 9. The maximum atomic E-state index is 5.06. The van der Waals surface area contributed by atoms with Gasteiger partial charge in [-0.2, -0.15) is 0 Å². The van der Waals surface area contributed by atoms with Gasteiger partial charge in [0.25, 0.3) is 0 Å². The maximum absolute atomic E-state index is 5.06. The Balaban J connectivity index is 1.17. The topological polar surface area (TPSA) is 30.7 Å². The molecule has 3 heterocycles. The minimum atomic E-state index is 0.710. The number of hydrogen-bond donors (Lipinski definition) is 0. The van der Waals surface area contributed by atoms with Crippen molar-refractivity contribution >= 4 is 64.1 Å². The van der Waals surface area contributed by atoms with Gasteiger partial charge in [-0.3, -0.25) is 0 Å². The summed E-state index contributed by atoms with van der Waals surface area (Å²) in [6, 6.07) is 58.1. The molecule has 0 radical (unpaired) electrons. The molecule has 0 saturated heterocycles. The predicted octanol–water partition coefficient (Wildman–Crippen LogP) is 12.1. The fraction of sp³-hybridized carbons (Fsp3) is 0. The third kappa shape index (κ3) is 4.20. The van der Waals surface area contributed by atoms with Crippen LogP contribution < -0.4 is 0 Å². The zero-order chi connectivity index (χ0) is 31.6. The summed E-state index contributed by atoms with van der Waals surface area (Å²) in [5, 5.41) is 7.84. The van der Waals surface area contributed by atoms with Gasteiger partial charge in [-0.15, -0.1) is 11.3 Å². The lowest BCUT2D eigenvalue weighted by atomic mass is 10.0. The van der Waals surface area contributed by atoms with E-state index >= 15 is 0 Å². The summed E-state index contributed by atoms with van der Waals surface area (Å²) < 4.78 is 5.04. The van der Waals surface area contributed by atoms with Gasteiger partial charge in [0.1, 0.15) is 0 Å². The van der Waals surface area contributed by atoms with E-state index in [9.17, 15) is 0 Å². The molecule has 0 atom stereocenters. The Bertz CT molecular complexity index is 2760. The summed E-state index contributed by atoms with van der Waals surface area (Å²) in [5.41, 5.74) is 8.44. The lowest BCUT2D eigenvalue weighted by molar-refractivity contribution is 1.16. The summed E-state index contributed by atoms with van der Waals surface area (Å²) >= 11 is 1.88. The van der Waals surface area contributed by atoms with E-state index in [-0.39, 0.29) is 0 Å². The SMILES string of the molecule is c1ccc(-c2cc(-c3ccccc3)nc(-c3ccc(-n4c5ccccc5c5c6c(ccc54)sc4ccc5ccccc5c46)cc3)n2)cc1. The van der Waals surface area contributed by atoms with Crippen molar-refractivity contribution in [2.24, 2.45) is 0 Å². The van der Waals surface area contributed by atoms with Crippen LogP contribution in [0, 0.1) is 0 Å². The Labute approximate surface area is 281 Å². The van der Waals surface area contributed by atoms with Crippen LogP contribution in [0.2, 0.25) is 0 Å². The molecule has 10 rings (SSSR count). The minimum Gasteiger partial charge on any atom is -0.309 e. The van der Waals surface area contributed by atoms with Crippen LogP contribution in [0.5, 0.6) is 0 Å². The lowest BCUT2D eigenvalue weighted by Gasteiger charge is -2.11. The Morgan fingerprint density at radius 1 is 0.417 bits per heavy atom. The number of hydrogen-bond acceptors (Lipinski definition) is 3. The van der Waals surface area contributed by atoms with Crippen molar-refractivity contribution in [3.8, 4) is 39.6 Å². The van der Waals surface area contributed by atoms with E-state index < -0.39 is 0 Å². The number of rotatable bonds is 4. The van der Waals surface area contributed by atoms with Crippen molar-refractivity contribution in [1.29, 1.82) is 0 Å². The predicted molar refractivity (Wildman–Crippen MR) is 203 cm³/mol. The monoisotopic (exact) mass is 629 g/mol. The van der Waals surface area contributed by atoms with Crippen LogP contribution in [0.25, 0.3) is 92.3 Å². The van der Waals surface area contributed by atoms with Crippen LogP contribution >= 0.6 is 11.3 Å². The zero-order valence-corrected chi connectivity index (χ0v) is 26.7. The first kappa shape index (κ1) is 27.1. The van der Waals surface area contributed by atoms with Gasteiger partial charge in [-0.05, 0) is 65.4 Å². The largest absolute Gasteiger partial charge is 0.309 e. The van der Waals surface area contributed by atoms with Crippen molar-refractivity contribution in [2.45, 2.75) is 0 Å². The molecule has 0 aliphatic carbocycles. The summed E-state index contributed by atoms with van der Waals surface area (Å²) in [6.45, 7) is 0. The summed E-state index contributed by atoms with van der Waals surface area (Å²) in [5.74, 6) is 0.710. The van der Waals surface area contributed by atoms with Gasteiger partial charge in [-0.1, -0.05) is 109 Å². The van der Waals surface area contributed by atoms with Crippen LogP contribution in [-0.4, -0.2) is 14.5 Å².